The average molecular weight is 225 g/mol. The van der Waals surface area contributed by atoms with Gasteiger partial charge in [-0.25, -0.2) is 12.7 Å². The molecule has 6 nitrogen and oxygen atoms in total. The summed E-state index contributed by atoms with van der Waals surface area (Å²) in [5.41, 5.74) is 0. The lowest BCUT2D eigenvalue weighted by Crippen LogP contribution is -2.32. The fourth-order valence-corrected chi connectivity index (χ4v) is 1.85. The number of aliphatic hydroxyl groups is 1. The van der Waals surface area contributed by atoms with Gasteiger partial charge in [0.05, 0.1) is 25.9 Å². The molecule has 0 aromatic heterocycles. The molecule has 0 heterocycles. The smallest absolute Gasteiger partial charge is 0.306 e. The first kappa shape index (κ1) is 13.3. The highest BCUT2D eigenvalue weighted by atomic mass is 32.2. The van der Waals surface area contributed by atoms with Crippen LogP contribution in [0.3, 0.4) is 0 Å². The van der Waals surface area contributed by atoms with E-state index in [0.29, 0.717) is 0 Å². The predicted molar refractivity (Wildman–Crippen MR) is 50.1 cm³/mol. The van der Waals surface area contributed by atoms with Gasteiger partial charge in [0.2, 0.25) is 10.0 Å². The molecular weight excluding hydrogens is 210 g/mol. The van der Waals surface area contributed by atoms with Gasteiger partial charge in [-0.1, -0.05) is 0 Å². The molecule has 0 aliphatic carbocycles. The lowest BCUT2D eigenvalue weighted by Gasteiger charge is -2.14. The lowest BCUT2D eigenvalue weighted by atomic mass is 10.5. The quantitative estimate of drug-likeness (QED) is 0.574. The fourth-order valence-electron chi connectivity index (χ4n) is 0.750. The SMILES string of the molecule is COC(=O)CCS(=O)(=O)N(C)CCO. The number of carbonyl (C=O) groups excluding carboxylic acids is 1. The van der Waals surface area contributed by atoms with E-state index in [9.17, 15) is 13.2 Å². The van der Waals surface area contributed by atoms with Crippen LogP contribution in [0.5, 0.6) is 0 Å². The second kappa shape index (κ2) is 5.94. The van der Waals surface area contributed by atoms with Crippen LogP contribution in [0.1, 0.15) is 6.42 Å². The second-order valence-electron chi connectivity index (χ2n) is 2.69. The first-order chi connectivity index (χ1) is 6.44. The molecule has 0 radical (unpaired) electrons. The maximum atomic E-state index is 11.3. The minimum Gasteiger partial charge on any atom is -0.469 e. The number of aliphatic hydroxyl groups excluding tert-OH is 1. The van der Waals surface area contributed by atoms with Gasteiger partial charge in [-0.2, -0.15) is 0 Å². The summed E-state index contributed by atoms with van der Waals surface area (Å²) in [4.78, 5) is 10.7. The Morgan fingerprint density at radius 3 is 2.50 bits per heavy atom. The summed E-state index contributed by atoms with van der Waals surface area (Å²) in [6, 6.07) is 0. The molecule has 14 heavy (non-hydrogen) atoms. The minimum absolute atomic E-state index is 0.0313. The highest BCUT2D eigenvalue weighted by Crippen LogP contribution is 2.00. The molecule has 0 atom stereocenters. The van der Waals surface area contributed by atoms with E-state index in [1.165, 1.54) is 14.2 Å². The molecule has 0 aromatic carbocycles. The summed E-state index contributed by atoms with van der Waals surface area (Å²) < 4.78 is 28.0. The van der Waals surface area contributed by atoms with E-state index < -0.39 is 16.0 Å². The van der Waals surface area contributed by atoms with Gasteiger partial charge in [0.25, 0.3) is 0 Å². The number of hydrogen-bond acceptors (Lipinski definition) is 5. The molecule has 0 aromatic rings. The average Bonchev–Trinajstić information content (AvgIpc) is 2.14. The molecule has 84 valence electrons. The van der Waals surface area contributed by atoms with E-state index in [0.717, 1.165) is 4.31 Å². The maximum absolute atomic E-state index is 11.3. The number of rotatable bonds is 6. The van der Waals surface area contributed by atoms with Crippen molar-refractivity contribution in [1.29, 1.82) is 0 Å². The van der Waals surface area contributed by atoms with Gasteiger partial charge in [0.1, 0.15) is 0 Å². The standard InChI is InChI=1S/C7H15NO5S/c1-8(4-5-9)14(11,12)6-3-7(10)13-2/h9H,3-6H2,1-2H3. The normalized spacial score (nSPS) is 11.7. The topological polar surface area (TPSA) is 83.9 Å². The molecule has 0 rings (SSSR count). The molecule has 0 aliphatic heterocycles. The van der Waals surface area contributed by atoms with E-state index in [4.69, 9.17) is 5.11 Å². The number of ether oxygens (including phenoxy) is 1. The third-order valence-corrected chi connectivity index (χ3v) is 3.53. The Bertz CT molecular complexity index is 274. The van der Waals surface area contributed by atoms with Gasteiger partial charge in [-0.05, 0) is 0 Å². The molecule has 0 unspecified atom stereocenters. The van der Waals surface area contributed by atoms with Crippen molar-refractivity contribution >= 4 is 16.0 Å². The number of nitrogens with zero attached hydrogens (tertiary/aromatic N) is 1. The number of esters is 1. The second-order valence-corrected chi connectivity index (χ2v) is 4.88. The summed E-state index contributed by atoms with van der Waals surface area (Å²) in [6.45, 7) is -0.211. The first-order valence-corrected chi connectivity index (χ1v) is 5.66. The molecule has 0 saturated heterocycles. The zero-order valence-electron chi connectivity index (χ0n) is 8.26. The van der Waals surface area contributed by atoms with Crippen molar-refractivity contribution in [3.05, 3.63) is 0 Å². The Kier molecular flexibility index (Phi) is 5.66. The molecule has 0 fully saturated rings. The van der Waals surface area contributed by atoms with Crippen molar-refractivity contribution in [2.24, 2.45) is 0 Å². The van der Waals surface area contributed by atoms with Crippen LogP contribution in [-0.4, -0.2) is 56.9 Å². The van der Waals surface area contributed by atoms with Gasteiger partial charge >= 0.3 is 5.97 Å². The Morgan fingerprint density at radius 2 is 2.07 bits per heavy atom. The highest BCUT2D eigenvalue weighted by molar-refractivity contribution is 7.89. The molecule has 0 bridgehead atoms. The Labute approximate surface area is 83.5 Å². The van der Waals surface area contributed by atoms with E-state index in [2.05, 4.69) is 4.74 Å². The van der Waals surface area contributed by atoms with Crippen molar-refractivity contribution in [2.45, 2.75) is 6.42 Å². The van der Waals surface area contributed by atoms with E-state index in [1.54, 1.807) is 0 Å². The number of hydrogen-bond donors (Lipinski definition) is 1. The van der Waals surface area contributed by atoms with Gasteiger partial charge < -0.3 is 9.84 Å². The zero-order valence-corrected chi connectivity index (χ0v) is 9.08. The Hall–Kier alpha value is -0.660. The monoisotopic (exact) mass is 225 g/mol. The molecule has 0 aliphatic rings. The number of sulfonamides is 1. The van der Waals surface area contributed by atoms with Crippen molar-refractivity contribution in [1.82, 2.24) is 4.31 Å². The van der Waals surface area contributed by atoms with Gasteiger partial charge in [0.15, 0.2) is 0 Å². The fraction of sp³-hybridized carbons (Fsp3) is 0.857. The lowest BCUT2D eigenvalue weighted by molar-refractivity contribution is -0.140. The van der Waals surface area contributed by atoms with Crippen LogP contribution in [0.25, 0.3) is 0 Å². The van der Waals surface area contributed by atoms with E-state index in [-0.39, 0.29) is 25.3 Å². The van der Waals surface area contributed by atoms with Crippen molar-refractivity contribution in [2.75, 3.05) is 33.1 Å². The van der Waals surface area contributed by atoms with Crippen LogP contribution in [0.15, 0.2) is 0 Å². The summed E-state index contributed by atoms with van der Waals surface area (Å²) in [6.07, 6.45) is -0.172. The first-order valence-electron chi connectivity index (χ1n) is 4.05. The predicted octanol–water partition coefficient (Wildman–Crippen LogP) is -1.20. The minimum atomic E-state index is -3.46. The van der Waals surface area contributed by atoms with Crippen LogP contribution in [0.2, 0.25) is 0 Å². The summed E-state index contributed by atoms with van der Waals surface area (Å²) in [5.74, 6) is -0.859. The van der Waals surface area contributed by atoms with Crippen LogP contribution >= 0.6 is 0 Å². The molecule has 7 heteroatoms. The number of carbonyl (C=O) groups is 1. The van der Waals surface area contributed by atoms with Gasteiger partial charge in [0, 0.05) is 13.6 Å². The molecule has 0 amide bonds. The zero-order chi connectivity index (χ0) is 11.2. The molecular formula is C7H15NO5S. The summed E-state index contributed by atoms with van der Waals surface area (Å²) in [7, 11) is -0.904. The molecule has 0 saturated carbocycles. The third kappa shape index (κ3) is 4.54. The van der Waals surface area contributed by atoms with E-state index in [1.807, 2.05) is 0 Å². The Balaban J connectivity index is 4.14. The molecule has 1 N–H and O–H groups in total. The maximum Gasteiger partial charge on any atom is 0.306 e. The third-order valence-electron chi connectivity index (χ3n) is 1.68. The van der Waals surface area contributed by atoms with Crippen LogP contribution in [-0.2, 0) is 19.6 Å². The summed E-state index contributed by atoms with van der Waals surface area (Å²) in [5, 5.41) is 8.53. The summed E-state index contributed by atoms with van der Waals surface area (Å²) >= 11 is 0. The van der Waals surface area contributed by atoms with Gasteiger partial charge in [-0.15, -0.1) is 0 Å². The number of likely N-dealkylation sites (N-methyl/N-ethyl adjacent to an activating group) is 1. The van der Waals surface area contributed by atoms with Crippen LogP contribution in [0.4, 0.5) is 0 Å². The largest absolute Gasteiger partial charge is 0.469 e. The number of methoxy groups -OCH3 is 1. The van der Waals surface area contributed by atoms with Crippen molar-refractivity contribution in [3.63, 3.8) is 0 Å². The van der Waals surface area contributed by atoms with Crippen molar-refractivity contribution < 1.29 is 23.1 Å². The Morgan fingerprint density at radius 1 is 1.50 bits per heavy atom. The van der Waals surface area contributed by atoms with E-state index >= 15 is 0 Å². The van der Waals surface area contributed by atoms with Crippen LogP contribution in [0, 0.1) is 0 Å². The molecule has 0 spiro atoms. The van der Waals surface area contributed by atoms with Crippen LogP contribution < -0.4 is 0 Å². The highest BCUT2D eigenvalue weighted by Gasteiger charge is 2.18. The van der Waals surface area contributed by atoms with Crippen molar-refractivity contribution in [3.8, 4) is 0 Å². The van der Waals surface area contributed by atoms with Gasteiger partial charge in [-0.3, -0.25) is 4.79 Å².